The smallest absolute Gasteiger partial charge is 0.275 e. The summed E-state index contributed by atoms with van der Waals surface area (Å²) < 4.78 is 16.1. The number of hydrogen-bond donors (Lipinski definition) is 1. The van der Waals surface area contributed by atoms with E-state index in [1.807, 2.05) is 0 Å². The van der Waals surface area contributed by atoms with E-state index in [0.29, 0.717) is 46.6 Å². The summed E-state index contributed by atoms with van der Waals surface area (Å²) >= 11 is 1.31. The molecule has 0 unspecified atom stereocenters. The lowest BCUT2D eigenvalue weighted by Crippen LogP contribution is -2.36. The lowest BCUT2D eigenvalue weighted by Gasteiger charge is -2.28. The van der Waals surface area contributed by atoms with E-state index in [-0.39, 0.29) is 11.6 Å². The molecule has 0 saturated carbocycles. The minimum Gasteiger partial charge on any atom is -0.493 e. The summed E-state index contributed by atoms with van der Waals surface area (Å²) in [6.07, 6.45) is 4.60. The molecule has 9 heteroatoms. The van der Waals surface area contributed by atoms with Crippen molar-refractivity contribution in [2.75, 3.05) is 32.6 Å². The van der Waals surface area contributed by atoms with Crippen LogP contribution >= 0.6 is 11.3 Å². The molecule has 1 N–H and O–H groups in total. The topological polar surface area (TPSA) is 93.9 Å². The van der Waals surface area contributed by atoms with Crippen molar-refractivity contribution in [3.63, 3.8) is 0 Å². The second kappa shape index (κ2) is 9.22. The number of carbonyl (C=O) groups is 2. The van der Waals surface area contributed by atoms with E-state index in [0.717, 1.165) is 19.3 Å². The van der Waals surface area contributed by atoms with Crippen LogP contribution in [-0.2, 0) is 0 Å². The summed E-state index contributed by atoms with van der Waals surface area (Å²) in [5.41, 5.74) is 0.947. The number of thiazole rings is 1. The molecule has 0 aliphatic carbocycles. The van der Waals surface area contributed by atoms with Crippen LogP contribution in [0.15, 0.2) is 40.3 Å². The van der Waals surface area contributed by atoms with Crippen molar-refractivity contribution in [3.05, 3.63) is 47.2 Å². The van der Waals surface area contributed by atoms with Crippen LogP contribution in [0.3, 0.4) is 0 Å². The molecule has 2 amide bonds. The van der Waals surface area contributed by atoms with E-state index in [1.54, 1.807) is 40.8 Å². The van der Waals surface area contributed by atoms with Crippen LogP contribution in [0.25, 0.3) is 10.8 Å². The van der Waals surface area contributed by atoms with Crippen LogP contribution in [0.5, 0.6) is 11.5 Å². The van der Waals surface area contributed by atoms with Gasteiger partial charge in [-0.1, -0.05) is 0 Å². The fourth-order valence-corrected chi connectivity index (χ4v) is 4.27. The molecule has 162 valence electrons. The van der Waals surface area contributed by atoms with Crippen LogP contribution in [0.4, 0.5) is 5.69 Å². The van der Waals surface area contributed by atoms with Crippen molar-refractivity contribution < 1.29 is 23.5 Å². The van der Waals surface area contributed by atoms with Gasteiger partial charge < -0.3 is 24.1 Å². The molecule has 4 rings (SSSR count). The van der Waals surface area contributed by atoms with Gasteiger partial charge in [0, 0.05) is 24.5 Å². The number of nitrogens with zero attached hydrogens (tertiary/aromatic N) is 2. The maximum atomic E-state index is 13.2. The van der Waals surface area contributed by atoms with Gasteiger partial charge in [0.15, 0.2) is 22.3 Å². The molecule has 1 aliphatic heterocycles. The third-order valence-corrected chi connectivity index (χ3v) is 5.97. The number of piperidine rings is 1. The summed E-state index contributed by atoms with van der Waals surface area (Å²) in [7, 11) is 3.02. The standard InChI is InChI=1S/C22H23N3O5S/c1-28-18-11-14(22(27)25-8-4-3-5-9-25)15(12-19(18)29-2)23-20(26)16-13-31-21(24-16)17-7-6-10-30-17/h6-7,10-13H,3-5,8-9H2,1-2H3,(H,23,26). The summed E-state index contributed by atoms with van der Waals surface area (Å²) in [4.78, 5) is 32.3. The Morgan fingerprint density at radius 3 is 2.55 bits per heavy atom. The largest absolute Gasteiger partial charge is 0.493 e. The predicted molar refractivity (Wildman–Crippen MR) is 117 cm³/mol. The number of aromatic nitrogens is 1. The maximum Gasteiger partial charge on any atom is 0.275 e. The third kappa shape index (κ3) is 4.41. The summed E-state index contributed by atoms with van der Waals surface area (Å²) in [6.45, 7) is 1.39. The lowest BCUT2D eigenvalue weighted by atomic mass is 10.1. The van der Waals surface area contributed by atoms with Crippen LogP contribution in [0, 0.1) is 0 Å². The van der Waals surface area contributed by atoms with E-state index in [4.69, 9.17) is 13.9 Å². The Hall–Kier alpha value is -3.33. The molecule has 0 spiro atoms. The highest BCUT2D eigenvalue weighted by Gasteiger charge is 2.25. The lowest BCUT2D eigenvalue weighted by molar-refractivity contribution is 0.0725. The van der Waals surface area contributed by atoms with Crippen molar-refractivity contribution >= 4 is 28.8 Å². The number of methoxy groups -OCH3 is 2. The van der Waals surface area contributed by atoms with Gasteiger partial charge in [0.2, 0.25) is 0 Å². The van der Waals surface area contributed by atoms with Gasteiger partial charge in [-0.2, -0.15) is 0 Å². The van der Waals surface area contributed by atoms with Crippen molar-refractivity contribution in [2.45, 2.75) is 19.3 Å². The first-order valence-electron chi connectivity index (χ1n) is 9.96. The molecule has 1 fully saturated rings. The van der Waals surface area contributed by atoms with Gasteiger partial charge in [0.05, 0.1) is 31.7 Å². The van der Waals surface area contributed by atoms with E-state index < -0.39 is 5.91 Å². The van der Waals surface area contributed by atoms with E-state index >= 15 is 0 Å². The monoisotopic (exact) mass is 441 g/mol. The third-order valence-electron chi connectivity index (χ3n) is 5.11. The van der Waals surface area contributed by atoms with Crippen LogP contribution in [-0.4, -0.2) is 49.0 Å². The number of anilines is 1. The maximum absolute atomic E-state index is 13.2. The van der Waals surface area contributed by atoms with Crippen LogP contribution in [0.2, 0.25) is 0 Å². The molecular formula is C22H23N3O5S. The number of benzene rings is 1. The Kier molecular flexibility index (Phi) is 6.22. The van der Waals surface area contributed by atoms with Gasteiger partial charge in [-0.05, 0) is 37.5 Å². The molecule has 1 aliphatic rings. The van der Waals surface area contributed by atoms with Gasteiger partial charge in [-0.15, -0.1) is 11.3 Å². The fourth-order valence-electron chi connectivity index (χ4n) is 3.50. The number of furan rings is 1. The number of likely N-dealkylation sites (tertiary alicyclic amines) is 1. The molecule has 0 bridgehead atoms. The normalized spacial score (nSPS) is 13.7. The first kappa shape index (κ1) is 20.9. The Morgan fingerprint density at radius 1 is 1.13 bits per heavy atom. The molecule has 31 heavy (non-hydrogen) atoms. The number of nitrogens with one attached hydrogen (secondary N) is 1. The predicted octanol–water partition coefficient (Wildman–Crippen LogP) is 4.30. The zero-order valence-corrected chi connectivity index (χ0v) is 18.2. The highest BCUT2D eigenvalue weighted by Crippen LogP contribution is 2.35. The average Bonchev–Trinajstić information content (AvgIpc) is 3.51. The quantitative estimate of drug-likeness (QED) is 0.613. The molecule has 3 aromatic rings. The number of ether oxygens (including phenoxy) is 2. The van der Waals surface area contributed by atoms with Gasteiger partial charge in [-0.3, -0.25) is 9.59 Å². The molecule has 0 radical (unpaired) electrons. The summed E-state index contributed by atoms with van der Waals surface area (Å²) in [5, 5.41) is 5.08. The van der Waals surface area contributed by atoms with E-state index in [2.05, 4.69) is 10.3 Å². The van der Waals surface area contributed by atoms with Gasteiger partial charge in [-0.25, -0.2) is 4.98 Å². The first-order valence-corrected chi connectivity index (χ1v) is 10.8. The highest BCUT2D eigenvalue weighted by molar-refractivity contribution is 7.13. The summed E-state index contributed by atoms with van der Waals surface area (Å²) in [5.74, 6) is 0.868. The number of carbonyl (C=O) groups excluding carboxylic acids is 2. The minimum atomic E-state index is -0.422. The molecule has 1 saturated heterocycles. The van der Waals surface area contributed by atoms with Crippen molar-refractivity contribution in [1.82, 2.24) is 9.88 Å². The van der Waals surface area contributed by atoms with Gasteiger partial charge in [0.1, 0.15) is 5.69 Å². The average molecular weight is 442 g/mol. The van der Waals surface area contributed by atoms with Crippen molar-refractivity contribution in [2.24, 2.45) is 0 Å². The Bertz CT molecular complexity index is 1070. The second-order valence-electron chi connectivity index (χ2n) is 7.07. The minimum absolute atomic E-state index is 0.148. The SMILES string of the molecule is COc1cc(NC(=O)c2csc(-c3ccco3)n2)c(C(=O)N2CCCCC2)cc1OC. The second-order valence-corrected chi connectivity index (χ2v) is 7.93. The number of rotatable bonds is 6. The van der Waals surface area contributed by atoms with Crippen molar-refractivity contribution in [3.8, 4) is 22.3 Å². The van der Waals surface area contributed by atoms with Crippen LogP contribution in [0.1, 0.15) is 40.1 Å². The number of amides is 2. The molecule has 2 aromatic heterocycles. The zero-order chi connectivity index (χ0) is 21.8. The van der Waals surface area contributed by atoms with Gasteiger partial charge in [0.25, 0.3) is 11.8 Å². The Balaban J connectivity index is 1.64. The van der Waals surface area contributed by atoms with E-state index in [9.17, 15) is 9.59 Å². The Morgan fingerprint density at radius 2 is 1.87 bits per heavy atom. The molecule has 0 atom stereocenters. The highest BCUT2D eigenvalue weighted by atomic mass is 32.1. The molecule has 3 heterocycles. The first-order chi connectivity index (χ1) is 15.1. The van der Waals surface area contributed by atoms with E-state index in [1.165, 1.54) is 25.6 Å². The molecule has 1 aromatic carbocycles. The summed E-state index contributed by atoms with van der Waals surface area (Å²) in [6, 6.07) is 6.76. The Labute approximate surface area is 183 Å². The number of hydrogen-bond acceptors (Lipinski definition) is 7. The molecule has 8 nitrogen and oxygen atoms in total. The zero-order valence-electron chi connectivity index (χ0n) is 17.3. The fraction of sp³-hybridized carbons (Fsp3) is 0.318. The van der Waals surface area contributed by atoms with Crippen molar-refractivity contribution in [1.29, 1.82) is 0 Å². The molecular weight excluding hydrogens is 418 g/mol. The van der Waals surface area contributed by atoms with Gasteiger partial charge >= 0.3 is 0 Å². The van der Waals surface area contributed by atoms with Crippen LogP contribution < -0.4 is 14.8 Å².